The molecule has 2 aromatic rings. The van der Waals surface area contributed by atoms with Crippen molar-refractivity contribution in [3.05, 3.63) is 58.1 Å². The van der Waals surface area contributed by atoms with Crippen molar-refractivity contribution in [1.82, 2.24) is 10.2 Å². The summed E-state index contributed by atoms with van der Waals surface area (Å²) in [6.07, 6.45) is 1.00. The molecular formula is C22H27Cl2N3O5S. The van der Waals surface area contributed by atoms with Gasteiger partial charge in [0.1, 0.15) is 18.3 Å². The van der Waals surface area contributed by atoms with Gasteiger partial charge in [0, 0.05) is 13.1 Å². The van der Waals surface area contributed by atoms with Crippen LogP contribution in [0.1, 0.15) is 19.4 Å². The van der Waals surface area contributed by atoms with Gasteiger partial charge in [-0.1, -0.05) is 41.4 Å². The molecule has 1 atom stereocenters. The summed E-state index contributed by atoms with van der Waals surface area (Å²) < 4.78 is 31.4. The first-order valence-electron chi connectivity index (χ1n) is 10.1. The topological polar surface area (TPSA) is 96.0 Å². The first-order valence-corrected chi connectivity index (χ1v) is 12.7. The van der Waals surface area contributed by atoms with E-state index < -0.39 is 28.5 Å². The van der Waals surface area contributed by atoms with Crippen molar-refractivity contribution in [3.63, 3.8) is 0 Å². The van der Waals surface area contributed by atoms with Gasteiger partial charge in [0.05, 0.1) is 29.1 Å². The second kappa shape index (κ2) is 11.6. The number of sulfonamides is 1. The minimum atomic E-state index is -3.85. The predicted octanol–water partition coefficient (Wildman–Crippen LogP) is 3.32. The van der Waals surface area contributed by atoms with Crippen molar-refractivity contribution < 1.29 is 22.7 Å². The normalized spacial score (nSPS) is 12.1. The van der Waals surface area contributed by atoms with Crippen molar-refractivity contribution in [2.24, 2.45) is 0 Å². The molecular weight excluding hydrogens is 489 g/mol. The second-order valence-corrected chi connectivity index (χ2v) is 10.0. The molecule has 0 heterocycles. The lowest BCUT2D eigenvalue weighted by Gasteiger charge is -2.31. The highest BCUT2D eigenvalue weighted by molar-refractivity contribution is 7.92. The van der Waals surface area contributed by atoms with Gasteiger partial charge < -0.3 is 15.0 Å². The Morgan fingerprint density at radius 2 is 1.79 bits per heavy atom. The van der Waals surface area contributed by atoms with Gasteiger partial charge in [0.2, 0.25) is 21.8 Å². The molecule has 2 rings (SSSR count). The number of hydrogen-bond donors (Lipinski definition) is 1. The molecule has 180 valence electrons. The number of ether oxygens (including phenoxy) is 1. The minimum Gasteiger partial charge on any atom is -0.495 e. The molecule has 0 aliphatic carbocycles. The van der Waals surface area contributed by atoms with E-state index in [1.54, 1.807) is 56.3 Å². The van der Waals surface area contributed by atoms with Crippen LogP contribution in [0.3, 0.4) is 0 Å². The molecule has 0 aliphatic rings. The van der Waals surface area contributed by atoms with E-state index in [1.165, 1.54) is 12.0 Å². The Labute approximate surface area is 204 Å². The van der Waals surface area contributed by atoms with E-state index in [-0.39, 0.29) is 18.1 Å². The average Bonchev–Trinajstić information content (AvgIpc) is 2.76. The first kappa shape index (κ1) is 26.8. The van der Waals surface area contributed by atoms with Crippen LogP contribution in [0.4, 0.5) is 5.69 Å². The Hall–Kier alpha value is -2.49. The zero-order chi connectivity index (χ0) is 24.8. The molecule has 0 unspecified atom stereocenters. The average molecular weight is 516 g/mol. The summed E-state index contributed by atoms with van der Waals surface area (Å²) in [5.74, 6) is -0.645. The van der Waals surface area contributed by atoms with Crippen LogP contribution in [0.2, 0.25) is 10.0 Å². The summed E-state index contributed by atoms with van der Waals surface area (Å²) in [6, 6.07) is 10.5. The number of carbonyl (C=O) groups is 2. The molecule has 0 fully saturated rings. The van der Waals surface area contributed by atoms with Gasteiger partial charge in [0.15, 0.2) is 0 Å². The summed E-state index contributed by atoms with van der Waals surface area (Å²) in [6.45, 7) is 3.23. The zero-order valence-electron chi connectivity index (χ0n) is 18.8. The van der Waals surface area contributed by atoms with Gasteiger partial charge in [-0.25, -0.2) is 8.42 Å². The molecule has 0 bridgehead atoms. The van der Waals surface area contributed by atoms with Crippen LogP contribution in [0.5, 0.6) is 5.75 Å². The fraction of sp³-hybridized carbons (Fsp3) is 0.364. The smallest absolute Gasteiger partial charge is 0.244 e. The fourth-order valence-corrected chi connectivity index (χ4v) is 4.34. The Bertz CT molecular complexity index is 1110. The van der Waals surface area contributed by atoms with Gasteiger partial charge >= 0.3 is 0 Å². The van der Waals surface area contributed by atoms with E-state index in [4.69, 9.17) is 27.9 Å². The van der Waals surface area contributed by atoms with Crippen LogP contribution < -0.4 is 14.4 Å². The largest absolute Gasteiger partial charge is 0.495 e. The van der Waals surface area contributed by atoms with E-state index in [0.29, 0.717) is 27.9 Å². The summed E-state index contributed by atoms with van der Waals surface area (Å²) >= 11 is 12.1. The number of halogens is 2. The van der Waals surface area contributed by atoms with Crippen molar-refractivity contribution >= 4 is 50.7 Å². The minimum absolute atomic E-state index is 0.0253. The molecule has 2 amide bonds. The number of anilines is 1. The SMILES string of the molecule is CCNC(=O)[C@@H](C)N(Cc1ccc(Cl)c(Cl)c1)C(=O)CN(c1ccccc1OC)S(C)(=O)=O. The van der Waals surface area contributed by atoms with Crippen LogP contribution in [-0.2, 0) is 26.2 Å². The van der Waals surface area contributed by atoms with Crippen LogP contribution in [0.15, 0.2) is 42.5 Å². The van der Waals surface area contributed by atoms with E-state index in [0.717, 1.165) is 10.6 Å². The highest BCUT2D eigenvalue weighted by atomic mass is 35.5. The van der Waals surface area contributed by atoms with Crippen molar-refractivity contribution in [3.8, 4) is 5.75 Å². The number of carbonyl (C=O) groups excluding carboxylic acids is 2. The molecule has 0 saturated heterocycles. The lowest BCUT2D eigenvalue weighted by atomic mass is 10.1. The molecule has 11 heteroatoms. The summed E-state index contributed by atoms with van der Waals surface area (Å²) in [5.41, 5.74) is 0.855. The molecule has 0 aliphatic heterocycles. The van der Waals surface area contributed by atoms with Crippen LogP contribution in [-0.4, -0.2) is 57.6 Å². The van der Waals surface area contributed by atoms with Gasteiger partial charge in [0.25, 0.3) is 0 Å². The second-order valence-electron chi connectivity index (χ2n) is 7.28. The number of rotatable bonds is 10. The molecule has 0 radical (unpaired) electrons. The Morgan fingerprint density at radius 3 is 2.36 bits per heavy atom. The number of nitrogens with one attached hydrogen (secondary N) is 1. The number of likely N-dealkylation sites (N-methyl/N-ethyl adjacent to an activating group) is 1. The number of amides is 2. The van der Waals surface area contributed by atoms with Crippen LogP contribution in [0.25, 0.3) is 0 Å². The molecule has 1 N–H and O–H groups in total. The highest BCUT2D eigenvalue weighted by Crippen LogP contribution is 2.30. The zero-order valence-corrected chi connectivity index (χ0v) is 21.2. The third-order valence-corrected chi connectivity index (χ3v) is 6.75. The monoisotopic (exact) mass is 515 g/mol. The Balaban J connectivity index is 2.44. The van der Waals surface area contributed by atoms with E-state index in [9.17, 15) is 18.0 Å². The summed E-state index contributed by atoms with van der Waals surface area (Å²) in [4.78, 5) is 27.3. The number of para-hydroxylation sites is 2. The van der Waals surface area contributed by atoms with Gasteiger partial charge in [-0.2, -0.15) is 0 Å². The third-order valence-electron chi connectivity index (χ3n) is 4.89. The molecule has 33 heavy (non-hydrogen) atoms. The number of methoxy groups -OCH3 is 1. The maximum atomic E-state index is 13.4. The van der Waals surface area contributed by atoms with Crippen LogP contribution in [0, 0.1) is 0 Å². The molecule has 0 saturated carbocycles. The summed E-state index contributed by atoms with van der Waals surface area (Å²) in [5, 5.41) is 3.35. The van der Waals surface area contributed by atoms with Gasteiger partial charge in [-0.3, -0.25) is 13.9 Å². The highest BCUT2D eigenvalue weighted by Gasteiger charge is 2.31. The molecule has 0 spiro atoms. The van der Waals surface area contributed by atoms with E-state index >= 15 is 0 Å². The van der Waals surface area contributed by atoms with E-state index in [2.05, 4.69) is 5.32 Å². The Kier molecular flexibility index (Phi) is 9.39. The number of hydrogen-bond acceptors (Lipinski definition) is 5. The predicted molar refractivity (Wildman–Crippen MR) is 130 cm³/mol. The lowest BCUT2D eigenvalue weighted by Crippen LogP contribution is -2.51. The number of benzene rings is 2. The van der Waals surface area contributed by atoms with Crippen molar-refractivity contribution in [2.45, 2.75) is 26.4 Å². The molecule has 0 aromatic heterocycles. The van der Waals surface area contributed by atoms with Gasteiger partial charge in [-0.15, -0.1) is 0 Å². The lowest BCUT2D eigenvalue weighted by molar-refractivity contribution is -0.139. The van der Waals surface area contributed by atoms with Gasteiger partial charge in [-0.05, 0) is 43.7 Å². The van der Waals surface area contributed by atoms with Crippen LogP contribution >= 0.6 is 23.2 Å². The number of nitrogens with zero attached hydrogens (tertiary/aromatic N) is 2. The standard InChI is InChI=1S/C22H27Cl2N3O5S/c1-5-25-22(29)15(2)26(13-16-10-11-17(23)18(24)12-16)21(28)14-27(33(4,30)31)19-8-6-7-9-20(19)32-3/h6-12,15H,5,13-14H2,1-4H3,(H,25,29)/t15-/m1/s1. The first-order chi connectivity index (χ1) is 15.5. The fourth-order valence-electron chi connectivity index (χ4n) is 3.17. The van der Waals surface area contributed by atoms with Crippen molar-refractivity contribution in [2.75, 3.05) is 30.8 Å². The maximum absolute atomic E-state index is 13.4. The maximum Gasteiger partial charge on any atom is 0.244 e. The third kappa shape index (κ3) is 6.99. The van der Waals surface area contributed by atoms with Crippen molar-refractivity contribution in [1.29, 1.82) is 0 Å². The Morgan fingerprint density at radius 1 is 1.12 bits per heavy atom. The molecule has 8 nitrogen and oxygen atoms in total. The quantitative estimate of drug-likeness (QED) is 0.523. The summed E-state index contributed by atoms with van der Waals surface area (Å²) in [7, 11) is -2.44. The molecule has 2 aromatic carbocycles. The van der Waals surface area contributed by atoms with E-state index in [1.807, 2.05) is 0 Å².